The Labute approximate surface area is 222 Å². The minimum Gasteiger partial charge on any atom is -0.457 e. The third-order valence-corrected chi connectivity index (χ3v) is 7.79. The molecule has 1 aliphatic heterocycles. The minimum atomic E-state index is -2.23. The molecule has 2 aromatic heterocycles. The van der Waals surface area contributed by atoms with Crippen molar-refractivity contribution in [2.24, 2.45) is 0 Å². The van der Waals surface area contributed by atoms with Gasteiger partial charge in [-0.1, -0.05) is 24.3 Å². The molecule has 1 atom stereocenters. The Morgan fingerprint density at radius 3 is 2.61 bits per heavy atom. The lowest BCUT2D eigenvalue weighted by atomic mass is 10.1. The Morgan fingerprint density at radius 1 is 1.13 bits per heavy atom. The zero-order chi connectivity index (χ0) is 26.7. The number of piperidine rings is 1. The van der Waals surface area contributed by atoms with Crippen molar-refractivity contribution in [3.05, 3.63) is 73.1 Å². The van der Waals surface area contributed by atoms with Crippen LogP contribution in [0.5, 0.6) is 11.5 Å². The molecule has 3 N–H and O–H groups in total. The highest BCUT2D eigenvalue weighted by Crippen LogP contribution is 2.35. The highest BCUT2D eigenvalue weighted by atomic mass is 28.4. The molecule has 38 heavy (non-hydrogen) atoms. The number of ether oxygens (including phenoxy) is 1. The van der Waals surface area contributed by atoms with Crippen molar-refractivity contribution in [2.75, 3.05) is 18.8 Å². The van der Waals surface area contributed by atoms with E-state index in [0.717, 1.165) is 29.9 Å². The first-order valence-electron chi connectivity index (χ1n) is 12.8. The number of hydrogen-bond donors (Lipinski definition) is 2. The molecular formula is C28H32N6O3Si. The van der Waals surface area contributed by atoms with Crippen molar-refractivity contribution in [3.8, 4) is 22.8 Å². The van der Waals surface area contributed by atoms with Gasteiger partial charge in [0.15, 0.2) is 14.0 Å². The van der Waals surface area contributed by atoms with Gasteiger partial charge < -0.3 is 20.2 Å². The summed E-state index contributed by atoms with van der Waals surface area (Å²) in [6.07, 6.45) is 6.55. The van der Waals surface area contributed by atoms with Gasteiger partial charge in [-0.15, -0.1) is 0 Å². The lowest BCUT2D eigenvalue weighted by Gasteiger charge is -2.32. The molecule has 0 aliphatic carbocycles. The molecular weight excluding hydrogens is 496 g/mol. The normalized spacial score (nSPS) is 16.3. The molecule has 1 fully saturated rings. The average molecular weight is 529 g/mol. The van der Waals surface area contributed by atoms with Gasteiger partial charge in [-0.05, 0) is 74.5 Å². The monoisotopic (exact) mass is 528 g/mol. The van der Waals surface area contributed by atoms with E-state index in [4.69, 9.17) is 15.6 Å². The van der Waals surface area contributed by atoms with Crippen molar-refractivity contribution in [3.63, 3.8) is 0 Å². The smallest absolute Gasteiger partial charge is 0.246 e. The summed E-state index contributed by atoms with van der Waals surface area (Å²) in [7, 11) is -2.23. The van der Waals surface area contributed by atoms with Crippen molar-refractivity contribution in [1.82, 2.24) is 24.6 Å². The Kier molecular flexibility index (Phi) is 7.26. The van der Waals surface area contributed by atoms with Gasteiger partial charge in [0.25, 0.3) is 0 Å². The first-order valence-corrected chi connectivity index (χ1v) is 15.9. The summed E-state index contributed by atoms with van der Waals surface area (Å²) in [6.45, 7) is 4.92. The van der Waals surface area contributed by atoms with Crippen molar-refractivity contribution in [1.29, 1.82) is 0 Å². The quantitative estimate of drug-likeness (QED) is 0.262. The molecule has 0 bridgehead atoms. The molecule has 5 rings (SSSR count). The van der Waals surface area contributed by atoms with E-state index in [-0.39, 0.29) is 11.9 Å². The molecule has 196 valence electrons. The summed E-state index contributed by atoms with van der Waals surface area (Å²) in [6, 6.07) is 17.8. The number of carbonyl (C=O) groups excluding carboxylic acids is 1. The fourth-order valence-corrected chi connectivity index (χ4v) is 5.36. The number of hydrogen-bond acceptors (Lipinski definition) is 7. The minimum absolute atomic E-state index is 0.0454. The number of carbonyl (C=O) groups is 1. The SMILES string of the molecule is C[Si](C)(O)C/C=C/C(=O)N1CCCC(n2nc(-c3ccc(Oc4ccccc4)cc3)c3c(N)ncnc32)C1. The van der Waals surface area contributed by atoms with Gasteiger partial charge in [0.1, 0.15) is 29.3 Å². The summed E-state index contributed by atoms with van der Waals surface area (Å²) < 4.78 is 7.82. The van der Waals surface area contributed by atoms with Gasteiger partial charge in [0.05, 0.1) is 11.4 Å². The van der Waals surface area contributed by atoms with E-state index in [9.17, 15) is 9.59 Å². The van der Waals surface area contributed by atoms with Crippen molar-refractivity contribution < 1.29 is 14.3 Å². The summed E-state index contributed by atoms with van der Waals surface area (Å²) in [5.41, 5.74) is 8.54. The van der Waals surface area contributed by atoms with Crippen molar-refractivity contribution in [2.45, 2.75) is 38.0 Å². The van der Waals surface area contributed by atoms with Crippen LogP contribution in [0.3, 0.4) is 0 Å². The van der Waals surface area contributed by atoms with Crippen LogP contribution in [0.2, 0.25) is 19.1 Å². The molecule has 0 saturated carbocycles. The number of nitrogens with zero attached hydrogens (tertiary/aromatic N) is 5. The summed E-state index contributed by atoms with van der Waals surface area (Å²) in [5, 5.41) is 5.65. The van der Waals surface area contributed by atoms with Gasteiger partial charge in [-0.2, -0.15) is 5.10 Å². The number of para-hydroxylation sites is 1. The molecule has 1 amide bonds. The van der Waals surface area contributed by atoms with E-state index >= 15 is 0 Å². The van der Waals surface area contributed by atoms with Crippen LogP contribution in [0.15, 0.2) is 73.1 Å². The van der Waals surface area contributed by atoms with E-state index < -0.39 is 8.32 Å². The van der Waals surface area contributed by atoms with E-state index in [1.54, 1.807) is 12.2 Å². The van der Waals surface area contributed by atoms with Gasteiger partial charge in [-0.3, -0.25) is 4.79 Å². The number of amides is 1. The van der Waals surface area contributed by atoms with E-state index in [1.807, 2.05) is 77.3 Å². The third-order valence-electron chi connectivity index (χ3n) is 6.56. The van der Waals surface area contributed by atoms with Crippen LogP contribution in [-0.4, -0.2) is 56.8 Å². The highest BCUT2D eigenvalue weighted by Gasteiger charge is 2.28. The lowest BCUT2D eigenvalue weighted by molar-refractivity contribution is -0.127. The standard InChI is InChI=1S/C28H32N6O3Si/c1-38(2,36)17-7-11-24(35)33-16-6-8-21(18-33)34-28-25(27(29)30-19-31-28)26(32-34)20-12-14-23(15-13-20)37-22-9-4-3-5-10-22/h3-5,7,9-15,19,21,36H,6,8,16-18H2,1-2H3,(H2,29,30,31)/b11-7+. The topological polar surface area (TPSA) is 119 Å². The van der Waals surface area contributed by atoms with Crippen LogP contribution in [0.25, 0.3) is 22.3 Å². The lowest BCUT2D eigenvalue weighted by Crippen LogP contribution is -2.40. The van der Waals surface area contributed by atoms with Gasteiger partial charge in [0.2, 0.25) is 5.91 Å². The number of nitrogen functional groups attached to an aromatic ring is 1. The Bertz CT molecular complexity index is 1450. The number of aromatic nitrogens is 4. The maximum atomic E-state index is 12.9. The first-order chi connectivity index (χ1) is 18.3. The number of rotatable bonds is 7. The zero-order valence-electron chi connectivity index (χ0n) is 21.6. The third kappa shape index (κ3) is 5.76. The molecule has 10 heteroatoms. The highest BCUT2D eigenvalue weighted by molar-refractivity contribution is 6.70. The van der Waals surface area contributed by atoms with Crippen molar-refractivity contribution >= 4 is 31.1 Å². The summed E-state index contributed by atoms with van der Waals surface area (Å²) >= 11 is 0. The van der Waals surface area contributed by atoms with Gasteiger partial charge in [-0.25, -0.2) is 14.6 Å². The van der Waals surface area contributed by atoms with E-state index in [1.165, 1.54) is 6.33 Å². The maximum absolute atomic E-state index is 12.9. The second kappa shape index (κ2) is 10.8. The second-order valence-electron chi connectivity index (χ2n) is 10.2. The fourth-order valence-electron chi connectivity index (χ4n) is 4.67. The summed E-state index contributed by atoms with van der Waals surface area (Å²) in [5.74, 6) is 1.80. The first kappa shape index (κ1) is 25.6. The Balaban J connectivity index is 1.41. The van der Waals surface area contributed by atoms with Gasteiger partial charge >= 0.3 is 0 Å². The number of benzene rings is 2. The molecule has 9 nitrogen and oxygen atoms in total. The molecule has 0 radical (unpaired) electrons. The summed E-state index contributed by atoms with van der Waals surface area (Å²) in [4.78, 5) is 33.5. The van der Waals surface area contributed by atoms with Crippen LogP contribution < -0.4 is 10.5 Å². The number of nitrogens with two attached hydrogens (primary N) is 1. The van der Waals surface area contributed by atoms with Crippen LogP contribution in [0, 0.1) is 0 Å². The molecule has 4 aromatic rings. The zero-order valence-corrected chi connectivity index (χ0v) is 22.6. The largest absolute Gasteiger partial charge is 0.457 e. The number of fused-ring (bicyclic) bond motifs is 1. The Morgan fingerprint density at radius 2 is 1.87 bits per heavy atom. The van der Waals surface area contributed by atoms with Crippen LogP contribution in [0.4, 0.5) is 5.82 Å². The predicted molar refractivity (Wildman–Crippen MR) is 150 cm³/mol. The van der Waals surface area contributed by atoms with Crippen LogP contribution in [0.1, 0.15) is 18.9 Å². The molecule has 1 aliphatic rings. The Hall–Kier alpha value is -4.02. The molecule has 1 saturated heterocycles. The van der Waals surface area contributed by atoms with Crippen LogP contribution in [-0.2, 0) is 4.79 Å². The average Bonchev–Trinajstić information content (AvgIpc) is 3.30. The van der Waals surface area contributed by atoms with E-state index in [0.29, 0.717) is 41.7 Å². The fraction of sp³-hybridized carbons (Fsp3) is 0.286. The van der Waals surface area contributed by atoms with E-state index in [2.05, 4.69) is 9.97 Å². The van der Waals surface area contributed by atoms with Gasteiger partial charge in [0, 0.05) is 18.7 Å². The number of allylic oxidation sites excluding steroid dienone is 1. The number of likely N-dealkylation sites (tertiary alicyclic amines) is 1. The molecule has 2 aromatic carbocycles. The molecule has 1 unspecified atom stereocenters. The second-order valence-corrected chi connectivity index (χ2v) is 14.2. The maximum Gasteiger partial charge on any atom is 0.246 e. The van der Waals surface area contributed by atoms with Crippen LogP contribution >= 0.6 is 0 Å². The predicted octanol–water partition coefficient (Wildman–Crippen LogP) is 4.78. The number of anilines is 1. The molecule has 0 spiro atoms. The molecule has 3 heterocycles.